The first-order valence-electron chi connectivity index (χ1n) is 12.9. The van der Waals surface area contributed by atoms with Crippen LogP contribution in [0.25, 0.3) is 0 Å². The molecule has 1 atom stereocenters. The number of fused-ring (bicyclic) bond motifs is 1. The molecule has 6 nitrogen and oxygen atoms in total. The number of phenols is 1. The maximum Gasteiger partial charge on any atom is 0.340 e. The van der Waals surface area contributed by atoms with Crippen LogP contribution in [-0.2, 0) is 16.9 Å². The molecule has 0 aromatic heterocycles. The van der Waals surface area contributed by atoms with Gasteiger partial charge in [0.05, 0.1) is 12.7 Å². The van der Waals surface area contributed by atoms with Gasteiger partial charge in [-0.25, -0.2) is 4.79 Å². The van der Waals surface area contributed by atoms with Crippen LogP contribution in [0.5, 0.6) is 11.5 Å². The highest BCUT2D eigenvalue weighted by Gasteiger charge is 2.51. The number of nitrogens with one attached hydrogen (secondary N) is 1. The van der Waals surface area contributed by atoms with Crippen molar-refractivity contribution >= 4 is 17.3 Å². The Morgan fingerprint density at radius 2 is 1.61 bits per heavy atom. The maximum atomic E-state index is 13.2. The molecule has 0 fully saturated rings. The first kappa shape index (κ1) is 25.2. The number of carbonyl (C=O) groups is 1. The minimum Gasteiger partial charge on any atom is -0.507 e. The van der Waals surface area contributed by atoms with Crippen LogP contribution in [0.2, 0.25) is 0 Å². The molecule has 1 aliphatic rings. The van der Waals surface area contributed by atoms with E-state index in [1.54, 1.807) is 19.2 Å². The van der Waals surface area contributed by atoms with Crippen molar-refractivity contribution in [3.05, 3.63) is 119 Å². The lowest BCUT2D eigenvalue weighted by molar-refractivity contribution is 0.0239. The minimum absolute atomic E-state index is 0.0450. The first-order chi connectivity index (χ1) is 18.5. The Bertz CT molecular complexity index is 1450. The fourth-order valence-corrected chi connectivity index (χ4v) is 5.26. The number of nitrogens with zero attached hydrogens (tertiary/aromatic N) is 1. The second kappa shape index (κ2) is 10.5. The van der Waals surface area contributed by atoms with E-state index in [-0.39, 0.29) is 5.75 Å². The van der Waals surface area contributed by atoms with E-state index >= 15 is 0 Å². The number of benzene rings is 4. The number of ether oxygens (including phenoxy) is 2. The van der Waals surface area contributed by atoms with Crippen LogP contribution < -0.4 is 15.0 Å². The topological polar surface area (TPSA) is 71.0 Å². The number of aromatic hydroxyl groups is 1. The highest BCUT2D eigenvalue weighted by Crippen LogP contribution is 2.53. The molecule has 194 valence electrons. The number of hydrogen-bond acceptors (Lipinski definition) is 6. The smallest absolute Gasteiger partial charge is 0.340 e. The number of carbonyl (C=O) groups excluding carboxylic acids is 1. The molecule has 0 aliphatic carbocycles. The van der Waals surface area contributed by atoms with Crippen molar-refractivity contribution in [3.63, 3.8) is 0 Å². The standard InChI is InChI=1S/C32H32N2O4/c1-4-34(5-2)24-16-17-27(29(35)20-24)32(26-14-10-9-13-25(26)31(36)38-32)28-19-23(15-18-30(28)37-3)33-21-22-11-7-6-8-12-22/h6-20,33,35H,4-5,21H2,1-3H3. The third kappa shape index (κ3) is 4.32. The van der Waals surface area contributed by atoms with Crippen LogP contribution in [0.1, 0.15) is 46.5 Å². The number of cyclic esters (lactones) is 1. The van der Waals surface area contributed by atoms with E-state index in [9.17, 15) is 9.90 Å². The molecule has 0 saturated heterocycles. The number of anilines is 2. The lowest BCUT2D eigenvalue weighted by atomic mass is 9.78. The zero-order chi connectivity index (χ0) is 26.7. The average Bonchev–Trinajstić information content (AvgIpc) is 3.26. The van der Waals surface area contributed by atoms with Gasteiger partial charge >= 0.3 is 5.97 Å². The first-order valence-corrected chi connectivity index (χ1v) is 12.9. The van der Waals surface area contributed by atoms with Crippen LogP contribution in [-0.4, -0.2) is 31.3 Å². The highest BCUT2D eigenvalue weighted by atomic mass is 16.6. The molecular formula is C32H32N2O4. The summed E-state index contributed by atoms with van der Waals surface area (Å²) in [6.07, 6.45) is 0. The SMILES string of the molecule is CCN(CC)c1ccc(C2(c3cc(NCc4ccccc4)ccc3OC)OC(=O)c3ccccc32)c(O)c1. The van der Waals surface area contributed by atoms with Crippen molar-refractivity contribution in [2.45, 2.75) is 26.0 Å². The molecule has 0 saturated carbocycles. The number of rotatable bonds is 9. The maximum absolute atomic E-state index is 13.2. The van der Waals surface area contributed by atoms with Crippen LogP contribution in [0, 0.1) is 0 Å². The number of hydrogen-bond donors (Lipinski definition) is 2. The Morgan fingerprint density at radius 3 is 2.32 bits per heavy atom. The van der Waals surface area contributed by atoms with Crippen LogP contribution >= 0.6 is 0 Å². The van der Waals surface area contributed by atoms with E-state index in [1.165, 1.54) is 0 Å². The van der Waals surface area contributed by atoms with E-state index in [2.05, 4.69) is 36.2 Å². The van der Waals surface area contributed by atoms with E-state index < -0.39 is 11.6 Å². The summed E-state index contributed by atoms with van der Waals surface area (Å²) < 4.78 is 12.1. The molecule has 38 heavy (non-hydrogen) atoms. The molecule has 0 bridgehead atoms. The summed E-state index contributed by atoms with van der Waals surface area (Å²) in [5.74, 6) is 0.146. The van der Waals surface area contributed by atoms with Crippen LogP contribution in [0.4, 0.5) is 11.4 Å². The van der Waals surface area contributed by atoms with Gasteiger partial charge < -0.3 is 24.8 Å². The summed E-state index contributed by atoms with van der Waals surface area (Å²) in [6, 6.07) is 28.7. The van der Waals surface area contributed by atoms with Gasteiger partial charge in [0.15, 0.2) is 5.60 Å². The summed E-state index contributed by atoms with van der Waals surface area (Å²) in [4.78, 5) is 15.4. The van der Waals surface area contributed by atoms with E-state index in [1.807, 2.05) is 66.7 Å². The Kier molecular flexibility index (Phi) is 6.97. The lowest BCUT2D eigenvalue weighted by Crippen LogP contribution is -2.31. The van der Waals surface area contributed by atoms with Crippen molar-refractivity contribution in [2.75, 3.05) is 30.4 Å². The van der Waals surface area contributed by atoms with Gasteiger partial charge in [0, 0.05) is 53.8 Å². The van der Waals surface area contributed by atoms with Crippen LogP contribution in [0.15, 0.2) is 91.0 Å². The summed E-state index contributed by atoms with van der Waals surface area (Å²) in [6.45, 7) is 6.38. The lowest BCUT2D eigenvalue weighted by Gasteiger charge is -2.33. The largest absolute Gasteiger partial charge is 0.507 e. The van der Waals surface area contributed by atoms with E-state index in [0.717, 1.165) is 30.0 Å². The molecule has 5 rings (SSSR count). The Hall–Kier alpha value is -4.45. The molecule has 4 aromatic carbocycles. The Balaban J connectivity index is 1.69. The molecule has 1 heterocycles. The fraction of sp³-hybridized carbons (Fsp3) is 0.219. The third-order valence-corrected chi connectivity index (χ3v) is 7.18. The summed E-state index contributed by atoms with van der Waals surface area (Å²) in [5.41, 5.74) is 3.71. The second-order valence-electron chi connectivity index (χ2n) is 9.24. The molecule has 2 N–H and O–H groups in total. The predicted molar refractivity (Wildman–Crippen MR) is 150 cm³/mol. The van der Waals surface area contributed by atoms with Gasteiger partial charge in [0.25, 0.3) is 0 Å². The monoisotopic (exact) mass is 508 g/mol. The van der Waals surface area contributed by atoms with E-state index in [0.29, 0.717) is 34.5 Å². The van der Waals surface area contributed by atoms with Crippen molar-refractivity contribution in [3.8, 4) is 11.5 Å². The van der Waals surface area contributed by atoms with Crippen molar-refractivity contribution < 1.29 is 19.4 Å². The average molecular weight is 509 g/mol. The molecule has 0 radical (unpaired) electrons. The highest BCUT2D eigenvalue weighted by molar-refractivity contribution is 5.96. The van der Waals surface area contributed by atoms with Crippen LogP contribution in [0.3, 0.4) is 0 Å². The number of phenolic OH excluding ortho intramolecular Hbond substituents is 1. The summed E-state index contributed by atoms with van der Waals surface area (Å²) in [5, 5.41) is 14.9. The molecule has 1 unspecified atom stereocenters. The fourth-order valence-electron chi connectivity index (χ4n) is 5.26. The van der Waals surface area contributed by atoms with Gasteiger partial charge in [-0.05, 0) is 55.8 Å². The van der Waals surface area contributed by atoms with E-state index in [4.69, 9.17) is 9.47 Å². The molecule has 6 heteroatoms. The minimum atomic E-state index is -1.39. The third-order valence-electron chi connectivity index (χ3n) is 7.18. The van der Waals surface area contributed by atoms with Crippen molar-refractivity contribution in [1.29, 1.82) is 0 Å². The zero-order valence-electron chi connectivity index (χ0n) is 21.9. The summed E-state index contributed by atoms with van der Waals surface area (Å²) in [7, 11) is 1.59. The molecule has 0 amide bonds. The second-order valence-corrected chi connectivity index (χ2v) is 9.24. The van der Waals surface area contributed by atoms with Gasteiger partial charge in [0.2, 0.25) is 0 Å². The van der Waals surface area contributed by atoms with Crippen molar-refractivity contribution in [2.24, 2.45) is 0 Å². The number of methoxy groups -OCH3 is 1. The Labute approximate surface area is 223 Å². The van der Waals surface area contributed by atoms with Gasteiger partial charge in [-0.3, -0.25) is 0 Å². The quantitative estimate of drug-likeness (QED) is 0.258. The summed E-state index contributed by atoms with van der Waals surface area (Å²) >= 11 is 0. The predicted octanol–water partition coefficient (Wildman–Crippen LogP) is 6.32. The van der Waals surface area contributed by atoms with Gasteiger partial charge in [-0.1, -0.05) is 48.5 Å². The van der Waals surface area contributed by atoms with Gasteiger partial charge in [0.1, 0.15) is 11.5 Å². The normalized spacial score (nSPS) is 16.0. The van der Waals surface area contributed by atoms with Gasteiger partial charge in [-0.15, -0.1) is 0 Å². The molecule has 1 aliphatic heterocycles. The number of esters is 1. The van der Waals surface area contributed by atoms with Gasteiger partial charge in [-0.2, -0.15) is 0 Å². The van der Waals surface area contributed by atoms with Crippen molar-refractivity contribution in [1.82, 2.24) is 0 Å². The molecular weight excluding hydrogens is 476 g/mol. The molecule has 4 aromatic rings. The Morgan fingerprint density at radius 1 is 0.868 bits per heavy atom. The molecule has 0 spiro atoms. The zero-order valence-corrected chi connectivity index (χ0v) is 21.9.